The van der Waals surface area contributed by atoms with Crippen molar-refractivity contribution in [1.82, 2.24) is 4.90 Å². The van der Waals surface area contributed by atoms with E-state index in [2.05, 4.69) is 4.90 Å². The maximum Gasteiger partial charge on any atom is 0.223 e. The average molecular weight is 350 g/mol. The van der Waals surface area contributed by atoms with E-state index in [1.165, 1.54) is 19.3 Å². The molecule has 2 fully saturated rings. The summed E-state index contributed by atoms with van der Waals surface area (Å²) in [6.45, 7) is 2.34. The highest BCUT2D eigenvalue weighted by Crippen LogP contribution is 2.28. The molecule has 1 unspecified atom stereocenters. The lowest BCUT2D eigenvalue weighted by molar-refractivity contribution is -0.134. The van der Waals surface area contributed by atoms with Crippen LogP contribution in [-0.4, -0.2) is 30.1 Å². The Bertz CT molecular complexity index is 536. The van der Waals surface area contributed by atoms with Gasteiger partial charge in [0.1, 0.15) is 0 Å². The third-order valence-electron chi connectivity index (χ3n) is 5.41. The van der Waals surface area contributed by atoms with Gasteiger partial charge in [-0.25, -0.2) is 0 Å². The third-order valence-corrected chi connectivity index (χ3v) is 5.77. The Morgan fingerprint density at radius 2 is 1.96 bits per heavy atom. The molecule has 24 heavy (non-hydrogen) atoms. The first-order valence-corrected chi connectivity index (χ1v) is 9.72. The van der Waals surface area contributed by atoms with Gasteiger partial charge in [0, 0.05) is 37.2 Å². The molecule has 132 valence electrons. The van der Waals surface area contributed by atoms with Crippen LogP contribution in [0.25, 0.3) is 0 Å². The van der Waals surface area contributed by atoms with Crippen LogP contribution in [-0.2, 0) is 16.1 Å². The molecule has 1 aromatic carbocycles. The smallest absolute Gasteiger partial charge is 0.223 e. The molecule has 0 N–H and O–H groups in total. The number of hydrogen-bond donors (Lipinski definition) is 0. The monoisotopic (exact) mass is 349 g/mol. The van der Waals surface area contributed by atoms with Crippen LogP contribution in [0.3, 0.4) is 0 Å². The van der Waals surface area contributed by atoms with Crippen LogP contribution in [0, 0.1) is 5.92 Å². The average Bonchev–Trinajstić information content (AvgIpc) is 3.14. The maximum absolute atomic E-state index is 12.9. The Labute approximate surface area is 150 Å². The van der Waals surface area contributed by atoms with Gasteiger partial charge >= 0.3 is 0 Å². The van der Waals surface area contributed by atoms with E-state index in [1.54, 1.807) is 0 Å². The largest absolute Gasteiger partial charge is 0.381 e. The van der Waals surface area contributed by atoms with Gasteiger partial charge in [0.25, 0.3) is 0 Å². The molecule has 0 radical (unpaired) electrons. The molecule has 4 heteroatoms. The van der Waals surface area contributed by atoms with Gasteiger partial charge < -0.3 is 9.64 Å². The number of rotatable bonds is 6. The predicted octanol–water partition coefficient (Wildman–Crippen LogP) is 4.82. The molecule has 1 atom stereocenters. The number of benzene rings is 1. The van der Waals surface area contributed by atoms with Gasteiger partial charge in [0.05, 0.1) is 0 Å². The minimum absolute atomic E-state index is 0.285. The second kappa shape index (κ2) is 8.87. The van der Waals surface area contributed by atoms with E-state index in [0.29, 0.717) is 24.9 Å². The lowest BCUT2D eigenvalue weighted by atomic mass is 9.96. The lowest BCUT2D eigenvalue weighted by Crippen LogP contribution is -2.38. The first-order chi connectivity index (χ1) is 11.7. The van der Waals surface area contributed by atoms with E-state index < -0.39 is 0 Å². The highest BCUT2D eigenvalue weighted by molar-refractivity contribution is 6.31. The van der Waals surface area contributed by atoms with Crippen molar-refractivity contribution in [3.05, 3.63) is 34.9 Å². The molecule has 1 heterocycles. The van der Waals surface area contributed by atoms with Crippen LogP contribution in [0.5, 0.6) is 0 Å². The Kier molecular flexibility index (Phi) is 6.56. The zero-order valence-electron chi connectivity index (χ0n) is 14.4. The summed E-state index contributed by atoms with van der Waals surface area (Å²) in [4.78, 5) is 15.0. The molecule has 1 amide bonds. The fourth-order valence-electron chi connectivity index (χ4n) is 3.95. The minimum Gasteiger partial charge on any atom is -0.381 e. The van der Waals surface area contributed by atoms with Crippen LogP contribution >= 0.6 is 11.6 Å². The number of hydrogen-bond acceptors (Lipinski definition) is 2. The minimum atomic E-state index is 0.285. The van der Waals surface area contributed by atoms with Gasteiger partial charge in [-0.2, -0.15) is 0 Å². The number of halogens is 1. The van der Waals surface area contributed by atoms with Gasteiger partial charge in [-0.15, -0.1) is 0 Å². The third kappa shape index (κ3) is 4.73. The number of ether oxygens (including phenoxy) is 1. The molecule has 1 aliphatic heterocycles. The molecule has 3 nitrogen and oxygen atoms in total. The zero-order valence-corrected chi connectivity index (χ0v) is 15.1. The fourth-order valence-corrected chi connectivity index (χ4v) is 4.15. The Balaban J connectivity index is 1.62. The molecule has 1 aromatic rings. The van der Waals surface area contributed by atoms with Crippen molar-refractivity contribution in [3.8, 4) is 0 Å². The van der Waals surface area contributed by atoms with Crippen LogP contribution in [0.2, 0.25) is 5.02 Å². The molecule has 0 spiro atoms. The summed E-state index contributed by atoms with van der Waals surface area (Å²) in [5, 5.41) is 0.758. The fraction of sp³-hybridized carbons (Fsp3) is 0.650. The van der Waals surface area contributed by atoms with Crippen molar-refractivity contribution >= 4 is 17.5 Å². The summed E-state index contributed by atoms with van der Waals surface area (Å²) in [5.41, 5.74) is 1.06. The first-order valence-electron chi connectivity index (χ1n) is 9.34. The number of nitrogens with zero attached hydrogens (tertiary/aromatic N) is 1. The second-order valence-corrected chi connectivity index (χ2v) is 7.58. The zero-order chi connectivity index (χ0) is 16.8. The standard InChI is InChI=1S/C20H28ClNO2/c21-19-10-4-1-7-17(19)14-22(18-8-2-3-9-18)20(23)12-11-16-6-5-13-24-15-16/h1,4,7,10,16,18H,2-3,5-6,8-9,11-15H2. The van der Waals surface area contributed by atoms with Gasteiger partial charge in [-0.3, -0.25) is 4.79 Å². The Morgan fingerprint density at radius 3 is 2.67 bits per heavy atom. The molecular weight excluding hydrogens is 322 g/mol. The summed E-state index contributed by atoms with van der Waals surface area (Å²) < 4.78 is 5.54. The van der Waals surface area contributed by atoms with Crippen molar-refractivity contribution in [1.29, 1.82) is 0 Å². The second-order valence-electron chi connectivity index (χ2n) is 7.17. The molecule has 1 aliphatic carbocycles. The lowest BCUT2D eigenvalue weighted by Gasteiger charge is -2.30. The number of carbonyl (C=O) groups excluding carboxylic acids is 1. The van der Waals surface area contributed by atoms with E-state index >= 15 is 0 Å². The van der Waals surface area contributed by atoms with E-state index in [0.717, 1.165) is 49.5 Å². The SMILES string of the molecule is O=C(CCC1CCCOC1)N(Cc1ccccc1Cl)C1CCCC1. The summed E-state index contributed by atoms with van der Waals surface area (Å²) in [6.07, 6.45) is 8.62. The van der Waals surface area contributed by atoms with Crippen LogP contribution in [0.4, 0.5) is 0 Å². The maximum atomic E-state index is 12.9. The molecule has 3 rings (SSSR count). The summed E-state index contributed by atoms with van der Waals surface area (Å²) in [7, 11) is 0. The van der Waals surface area contributed by atoms with Gasteiger partial charge in [0.2, 0.25) is 5.91 Å². The highest BCUT2D eigenvalue weighted by Gasteiger charge is 2.27. The van der Waals surface area contributed by atoms with E-state index in [-0.39, 0.29) is 5.91 Å². The molecule has 2 aliphatic rings. The molecule has 0 bridgehead atoms. The summed E-state index contributed by atoms with van der Waals surface area (Å²) >= 11 is 6.32. The predicted molar refractivity (Wildman–Crippen MR) is 97.0 cm³/mol. The molecule has 0 aromatic heterocycles. The quantitative estimate of drug-likeness (QED) is 0.737. The van der Waals surface area contributed by atoms with Crippen LogP contribution in [0.15, 0.2) is 24.3 Å². The normalized spacial score (nSPS) is 21.8. The summed E-state index contributed by atoms with van der Waals surface area (Å²) in [5.74, 6) is 0.834. The number of carbonyl (C=O) groups is 1. The molecule has 1 saturated heterocycles. The van der Waals surface area contributed by atoms with Crippen molar-refractivity contribution in [2.24, 2.45) is 5.92 Å². The van der Waals surface area contributed by atoms with Gasteiger partial charge in [-0.05, 0) is 49.7 Å². The van der Waals surface area contributed by atoms with E-state index in [9.17, 15) is 4.79 Å². The Morgan fingerprint density at radius 1 is 1.17 bits per heavy atom. The molecular formula is C20H28ClNO2. The van der Waals surface area contributed by atoms with E-state index in [1.807, 2.05) is 24.3 Å². The summed E-state index contributed by atoms with van der Waals surface area (Å²) in [6, 6.07) is 8.27. The van der Waals surface area contributed by atoms with Crippen LogP contribution < -0.4 is 0 Å². The van der Waals surface area contributed by atoms with Gasteiger partial charge in [-0.1, -0.05) is 42.6 Å². The highest BCUT2D eigenvalue weighted by atomic mass is 35.5. The number of amides is 1. The van der Waals surface area contributed by atoms with Crippen molar-refractivity contribution in [3.63, 3.8) is 0 Å². The van der Waals surface area contributed by atoms with Gasteiger partial charge in [0.15, 0.2) is 0 Å². The van der Waals surface area contributed by atoms with E-state index in [4.69, 9.17) is 16.3 Å². The van der Waals surface area contributed by atoms with Crippen LogP contribution in [0.1, 0.15) is 56.9 Å². The molecule has 1 saturated carbocycles. The van der Waals surface area contributed by atoms with Crippen molar-refractivity contribution in [2.75, 3.05) is 13.2 Å². The van der Waals surface area contributed by atoms with Crippen molar-refractivity contribution in [2.45, 2.75) is 64.0 Å². The Hall–Kier alpha value is -1.06. The first kappa shape index (κ1) is 17.8. The topological polar surface area (TPSA) is 29.5 Å². The van der Waals surface area contributed by atoms with Crippen molar-refractivity contribution < 1.29 is 9.53 Å².